The van der Waals surface area contributed by atoms with Gasteiger partial charge in [0.1, 0.15) is 16.8 Å². The molecule has 19 heteroatoms. The molecular weight excluding hydrogens is 772 g/mol. The van der Waals surface area contributed by atoms with Crippen LogP contribution < -0.4 is 14.0 Å². The highest BCUT2D eigenvalue weighted by atomic mass is 35.5. The zero-order valence-corrected chi connectivity index (χ0v) is 30.6. The molecule has 0 bridgehead atoms. The van der Waals surface area contributed by atoms with Crippen molar-refractivity contribution in [1.82, 2.24) is 29.9 Å². The zero-order chi connectivity index (χ0) is 37.0. The Bertz CT molecular complexity index is 2330. The topological polar surface area (TPSA) is 146 Å². The van der Waals surface area contributed by atoms with Crippen molar-refractivity contribution < 1.29 is 35.2 Å². The second kappa shape index (κ2) is 16.6. The summed E-state index contributed by atoms with van der Waals surface area (Å²) in [6.45, 7) is 5.81. The molecule has 0 N–H and O–H groups in total. The fraction of sp³-hybridized carbons (Fsp3) is 0.257. The highest BCUT2D eigenvalue weighted by Crippen LogP contribution is 2.33. The molecule has 0 aromatic carbocycles. The predicted octanol–water partition coefficient (Wildman–Crippen LogP) is 6.36. The minimum Gasteiger partial charge on any atom is -0.378 e. The van der Waals surface area contributed by atoms with Crippen molar-refractivity contribution in [3.8, 4) is 28.4 Å². The molecule has 2 aliphatic heterocycles. The van der Waals surface area contributed by atoms with Gasteiger partial charge in [0.25, 0.3) is 0 Å². The summed E-state index contributed by atoms with van der Waals surface area (Å²) in [6, 6.07) is 17.5. The summed E-state index contributed by atoms with van der Waals surface area (Å²) >= 11 is 6.27. The van der Waals surface area contributed by atoms with Crippen molar-refractivity contribution in [3.63, 3.8) is 0 Å². The number of fused-ring (bicyclic) bond motifs is 2. The molecule has 0 radical (unpaired) electrons. The van der Waals surface area contributed by atoms with Crippen LogP contribution in [0.4, 0.5) is 24.8 Å². The molecule has 6 aromatic rings. The number of anilines is 2. The Labute approximate surface area is 318 Å². The van der Waals surface area contributed by atoms with E-state index in [1.165, 1.54) is 30.6 Å². The van der Waals surface area contributed by atoms with Crippen LogP contribution in [-0.4, -0.2) is 96.4 Å². The lowest BCUT2D eigenvalue weighted by molar-refractivity contribution is -0.0500. The average Bonchev–Trinajstić information content (AvgIpc) is 3.18. The summed E-state index contributed by atoms with van der Waals surface area (Å²) < 4.78 is 76.3. The average molecular weight is 804 g/mol. The van der Waals surface area contributed by atoms with Gasteiger partial charge in [-0.2, -0.15) is 21.6 Å². The van der Waals surface area contributed by atoms with Crippen LogP contribution in [0, 0.1) is 0 Å². The van der Waals surface area contributed by atoms with Crippen molar-refractivity contribution >= 4 is 67.6 Å². The van der Waals surface area contributed by atoms with E-state index in [9.17, 15) is 21.6 Å². The third-order valence-corrected chi connectivity index (χ3v) is 9.58. The Balaban J connectivity index is 0.000000187. The second-order valence-corrected chi connectivity index (χ2v) is 13.6. The number of ether oxygens (including phenoxy) is 2. The lowest BCUT2D eigenvalue weighted by Crippen LogP contribution is -2.36. The van der Waals surface area contributed by atoms with Gasteiger partial charge < -0.3 is 23.5 Å². The first-order valence-corrected chi connectivity index (χ1v) is 18.1. The number of morpholine rings is 2. The quantitative estimate of drug-likeness (QED) is 0.105. The Kier molecular flexibility index (Phi) is 11.9. The van der Waals surface area contributed by atoms with Crippen LogP contribution >= 0.6 is 24.0 Å². The molecule has 2 aliphatic rings. The van der Waals surface area contributed by atoms with E-state index in [1.54, 1.807) is 18.3 Å². The summed E-state index contributed by atoms with van der Waals surface area (Å²) in [6.07, 6.45) is 6.51. The molecule has 6 aromatic heterocycles. The number of aromatic nitrogens is 6. The molecule has 2 fully saturated rings. The number of pyridine rings is 6. The smallest absolute Gasteiger partial charge is 0.378 e. The van der Waals surface area contributed by atoms with Crippen molar-refractivity contribution in [2.24, 2.45) is 0 Å². The van der Waals surface area contributed by atoms with E-state index >= 15 is 0 Å². The van der Waals surface area contributed by atoms with E-state index in [-0.39, 0.29) is 29.0 Å². The monoisotopic (exact) mass is 802 g/mol. The lowest BCUT2D eigenvalue weighted by Gasteiger charge is -2.27. The summed E-state index contributed by atoms with van der Waals surface area (Å²) in [5, 5.41) is 1.35. The van der Waals surface area contributed by atoms with Gasteiger partial charge in [-0.1, -0.05) is 11.6 Å². The first-order chi connectivity index (χ1) is 25.6. The van der Waals surface area contributed by atoms with Gasteiger partial charge in [-0.05, 0) is 60.7 Å². The first-order valence-electron chi connectivity index (χ1n) is 16.3. The molecule has 0 atom stereocenters. The van der Waals surface area contributed by atoms with Gasteiger partial charge in [0, 0.05) is 67.5 Å². The first kappa shape index (κ1) is 38.8. The molecule has 0 aliphatic carbocycles. The molecule has 8 rings (SSSR count). The van der Waals surface area contributed by atoms with Crippen molar-refractivity contribution in [2.75, 3.05) is 62.4 Å². The van der Waals surface area contributed by atoms with Crippen molar-refractivity contribution in [3.05, 3.63) is 90.6 Å². The maximum atomic E-state index is 12.8. The molecule has 0 amide bonds. The van der Waals surface area contributed by atoms with E-state index < -0.39 is 21.5 Å². The number of hydrogen-bond donors (Lipinski definition) is 0. The standard InChI is InChI=1S/C18H15F3N4O4S.C17H15ClN4O.ClH/c19-18(20,21)30(26,27)29-17-13-2-1-5-22-15(13)10-14(24-17)12-3-4-16(23-11-12)25-6-8-28-9-7-25;18-17-13-2-1-5-19-15(13)10-14(21-17)12-3-4-16(20-11-12)22-6-8-23-9-7-22;/h1-5,10-11H,6-9H2;1-5,10-11H,6-9H2;1H. The molecule has 0 saturated carbocycles. The molecule has 282 valence electrons. The fourth-order valence-corrected chi connectivity index (χ4v) is 6.30. The second-order valence-electron chi connectivity index (χ2n) is 11.7. The van der Waals surface area contributed by atoms with Gasteiger partial charge >= 0.3 is 15.6 Å². The van der Waals surface area contributed by atoms with Gasteiger partial charge in [0.15, 0.2) is 0 Å². The van der Waals surface area contributed by atoms with Gasteiger partial charge in [-0.15, -0.1) is 12.4 Å². The maximum absolute atomic E-state index is 12.8. The van der Waals surface area contributed by atoms with Crippen LogP contribution in [0.5, 0.6) is 5.88 Å². The summed E-state index contributed by atoms with van der Waals surface area (Å²) in [5.41, 5.74) is -2.17. The van der Waals surface area contributed by atoms with E-state index in [0.29, 0.717) is 37.0 Å². The summed E-state index contributed by atoms with van der Waals surface area (Å²) in [7, 11) is -5.89. The number of halogens is 5. The third-order valence-electron chi connectivity index (χ3n) is 8.35. The molecule has 0 unspecified atom stereocenters. The highest BCUT2D eigenvalue weighted by Gasteiger charge is 2.49. The molecule has 54 heavy (non-hydrogen) atoms. The van der Waals surface area contributed by atoms with Crippen molar-refractivity contribution in [2.45, 2.75) is 5.51 Å². The minimum absolute atomic E-state index is 0. The van der Waals surface area contributed by atoms with Crippen LogP contribution in [0.1, 0.15) is 0 Å². The Morgan fingerprint density at radius 3 is 1.65 bits per heavy atom. The summed E-state index contributed by atoms with van der Waals surface area (Å²) in [5.74, 6) is 0.976. The number of rotatable bonds is 6. The SMILES string of the molecule is Cl.Clc1nc(-c2ccc(N3CCOCC3)nc2)cc2ncccc12.O=S(=O)(Oc1nc(-c2ccc(N3CCOCC3)nc2)cc2ncccc12)C(F)(F)F. The van der Waals surface area contributed by atoms with Gasteiger partial charge in [0.05, 0.1) is 54.2 Å². The van der Waals surface area contributed by atoms with E-state index in [1.807, 2.05) is 41.4 Å². The van der Waals surface area contributed by atoms with Crippen LogP contribution in [0.3, 0.4) is 0 Å². The zero-order valence-electron chi connectivity index (χ0n) is 28.2. The predicted molar refractivity (Wildman–Crippen MR) is 199 cm³/mol. The van der Waals surface area contributed by atoms with Gasteiger partial charge in [-0.25, -0.2) is 19.9 Å². The Morgan fingerprint density at radius 2 is 1.17 bits per heavy atom. The largest absolute Gasteiger partial charge is 0.534 e. The number of nitrogens with zero attached hydrogens (tertiary/aromatic N) is 8. The molecule has 2 saturated heterocycles. The molecule has 0 spiro atoms. The molecular formula is C35H31Cl2F3N8O5S. The van der Waals surface area contributed by atoms with E-state index in [4.69, 9.17) is 21.1 Å². The van der Waals surface area contributed by atoms with Gasteiger partial charge in [0.2, 0.25) is 5.88 Å². The minimum atomic E-state index is -5.89. The Hall–Kier alpha value is -4.94. The third kappa shape index (κ3) is 8.71. The van der Waals surface area contributed by atoms with Crippen LogP contribution in [0.15, 0.2) is 85.5 Å². The van der Waals surface area contributed by atoms with Crippen LogP contribution in [0.2, 0.25) is 5.15 Å². The number of alkyl halides is 3. The highest BCUT2D eigenvalue weighted by molar-refractivity contribution is 7.88. The fourth-order valence-electron chi connectivity index (χ4n) is 5.62. The van der Waals surface area contributed by atoms with Crippen LogP contribution in [0.25, 0.3) is 44.3 Å². The van der Waals surface area contributed by atoms with E-state index in [2.05, 4.69) is 39.0 Å². The molecule has 8 heterocycles. The van der Waals surface area contributed by atoms with Gasteiger partial charge in [-0.3, -0.25) is 9.97 Å². The van der Waals surface area contributed by atoms with E-state index in [0.717, 1.165) is 60.1 Å². The van der Waals surface area contributed by atoms with Crippen LogP contribution in [-0.2, 0) is 19.6 Å². The lowest BCUT2D eigenvalue weighted by atomic mass is 10.1. The normalized spacial score (nSPS) is 15.0. The Morgan fingerprint density at radius 1 is 0.685 bits per heavy atom. The maximum Gasteiger partial charge on any atom is 0.534 e. The molecule has 13 nitrogen and oxygen atoms in total. The number of hydrogen-bond acceptors (Lipinski definition) is 13. The van der Waals surface area contributed by atoms with Crippen molar-refractivity contribution in [1.29, 1.82) is 0 Å². The summed E-state index contributed by atoms with van der Waals surface area (Å²) in [4.78, 5) is 30.1.